The first-order valence-electron chi connectivity index (χ1n) is 8.66. The number of nitrogens with zero attached hydrogens (tertiary/aromatic N) is 1. The maximum absolute atomic E-state index is 11.7. The van der Waals surface area contributed by atoms with Crippen LogP contribution in [0.15, 0.2) is 24.3 Å². The van der Waals surface area contributed by atoms with Gasteiger partial charge in [-0.1, -0.05) is 38.1 Å². The van der Waals surface area contributed by atoms with Gasteiger partial charge in [0.2, 0.25) is 5.91 Å². The summed E-state index contributed by atoms with van der Waals surface area (Å²) in [6.07, 6.45) is 0.849. The highest BCUT2D eigenvalue weighted by atomic mass is 16.1. The second-order valence-electron chi connectivity index (χ2n) is 6.76. The maximum Gasteiger partial charge on any atom is 0.221 e. The number of carbonyl (C=O) groups is 1. The van der Waals surface area contributed by atoms with Gasteiger partial charge in [-0.3, -0.25) is 9.78 Å². The Hall–Kier alpha value is -2.24. The van der Waals surface area contributed by atoms with Gasteiger partial charge in [-0.2, -0.15) is 0 Å². The molecule has 0 saturated heterocycles. The number of nitrogens with two attached hydrogens (primary N) is 2. The highest BCUT2D eigenvalue weighted by Gasteiger charge is 2.19. The molecule has 2 aromatic rings. The fraction of sp³-hybridized carbons (Fsp3) is 0.400. The van der Waals surface area contributed by atoms with E-state index in [1.807, 2.05) is 31.2 Å². The quantitative estimate of drug-likeness (QED) is 0.753. The van der Waals surface area contributed by atoms with Crippen LogP contribution in [0.1, 0.15) is 43.3 Å². The van der Waals surface area contributed by atoms with E-state index >= 15 is 0 Å². The van der Waals surface area contributed by atoms with E-state index < -0.39 is 0 Å². The number of rotatable bonds is 6. The number of nitrogens with one attached hydrogen (secondary N) is 1. The molecule has 0 unspecified atom stereocenters. The molecule has 0 spiro atoms. The lowest BCUT2D eigenvalue weighted by molar-refractivity contribution is -0.114. The Kier molecular flexibility index (Phi) is 6.28. The smallest absolute Gasteiger partial charge is 0.221 e. The van der Waals surface area contributed by atoms with Gasteiger partial charge in [-0.05, 0) is 36.0 Å². The predicted molar refractivity (Wildman–Crippen MR) is 103 cm³/mol. The summed E-state index contributed by atoms with van der Waals surface area (Å²) in [4.78, 5) is 16.5. The number of pyridine rings is 1. The molecular formula is C20H28N4O. The number of carbonyl (C=O) groups excluding carboxylic acids is 1. The van der Waals surface area contributed by atoms with E-state index in [1.54, 1.807) is 0 Å². The summed E-state index contributed by atoms with van der Waals surface area (Å²) in [7, 11) is 0. The molecular weight excluding hydrogens is 312 g/mol. The van der Waals surface area contributed by atoms with E-state index in [2.05, 4.69) is 19.2 Å². The van der Waals surface area contributed by atoms with Gasteiger partial charge < -0.3 is 16.8 Å². The lowest BCUT2D eigenvalue weighted by Gasteiger charge is -2.21. The molecule has 0 saturated carbocycles. The van der Waals surface area contributed by atoms with Crippen LogP contribution in [0.5, 0.6) is 0 Å². The fourth-order valence-electron chi connectivity index (χ4n) is 3.03. The Labute approximate surface area is 149 Å². The predicted octanol–water partition coefficient (Wildman–Crippen LogP) is 3.13. The van der Waals surface area contributed by atoms with Crippen molar-refractivity contribution in [1.82, 2.24) is 4.98 Å². The summed E-state index contributed by atoms with van der Waals surface area (Å²) in [5.74, 6) is 0.348. The fourth-order valence-corrected chi connectivity index (χ4v) is 3.03. The Balaban J connectivity index is 2.73. The van der Waals surface area contributed by atoms with Crippen LogP contribution in [0.2, 0.25) is 0 Å². The van der Waals surface area contributed by atoms with Gasteiger partial charge in [0, 0.05) is 31.3 Å². The molecule has 1 amide bonds. The van der Waals surface area contributed by atoms with Crippen molar-refractivity contribution in [3.63, 3.8) is 0 Å². The molecule has 2 rings (SSSR count). The van der Waals surface area contributed by atoms with Crippen LogP contribution in [0.25, 0.3) is 11.1 Å². The monoisotopic (exact) mass is 340 g/mol. The standard InChI is InChI=1S/C20H28N4O/c1-12(2)9-18-17(11-22)19(16-7-5-15(10-21)6-8-16)20(13(3)23-18)24-14(4)25/h5-8,12H,9-11,21-22H2,1-4H3,(H,24,25). The van der Waals surface area contributed by atoms with E-state index in [1.165, 1.54) is 6.92 Å². The number of aryl methyl sites for hydroxylation is 1. The largest absolute Gasteiger partial charge is 0.326 e. The van der Waals surface area contributed by atoms with Gasteiger partial charge in [0.25, 0.3) is 0 Å². The zero-order valence-electron chi connectivity index (χ0n) is 15.5. The van der Waals surface area contributed by atoms with Gasteiger partial charge in [-0.15, -0.1) is 0 Å². The molecule has 0 bridgehead atoms. The van der Waals surface area contributed by atoms with E-state index in [4.69, 9.17) is 16.5 Å². The molecule has 1 aromatic carbocycles. The topological polar surface area (TPSA) is 94.0 Å². The van der Waals surface area contributed by atoms with Crippen LogP contribution in [-0.2, 0) is 24.3 Å². The van der Waals surface area contributed by atoms with Crippen molar-refractivity contribution in [3.05, 3.63) is 46.8 Å². The summed E-state index contributed by atoms with van der Waals surface area (Å²) in [6, 6.07) is 8.07. The van der Waals surface area contributed by atoms with Gasteiger partial charge in [-0.25, -0.2) is 0 Å². The van der Waals surface area contributed by atoms with E-state index in [0.717, 1.165) is 45.7 Å². The normalized spacial score (nSPS) is 11.0. The van der Waals surface area contributed by atoms with Crippen molar-refractivity contribution in [3.8, 4) is 11.1 Å². The Morgan fingerprint density at radius 2 is 1.80 bits per heavy atom. The Morgan fingerprint density at radius 3 is 2.28 bits per heavy atom. The zero-order chi connectivity index (χ0) is 18.6. The van der Waals surface area contributed by atoms with E-state index in [0.29, 0.717) is 19.0 Å². The number of anilines is 1. The summed E-state index contributed by atoms with van der Waals surface area (Å²) >= 11 is 0. The van der Waals surface area contributed by atoms with Crippen molar-refractivity contribution >= 4 is 11.6 Å². The number of aromatic nitrogens is 1. The lowest BCUT2D eigenvalue weighted by atomic mass is 9.92. The molecule has 0 aliphatic carbocycles. The molecule has 1 aromatic heterocycles. The zero-order valence-corrected chi connectivity index (χ0v) is 15.5. The molecule has 0 fully saturated rings. The second kappa shape index (κ2) is 8.23. The number of hydrogen-bond donors (Lipinski definition) is 3. The molecule has 5 nitrogen and oxygen atoms in total. The average Bonchev–Trinajstić information content (AvgIpc) is 2.56. The molecule has 0 aliphatic rings. The third-order valence-electron chi connectivity index (χ3n) is 4.15. The minimum absolute atomic E-state index is 0.121. The van der Waals surface area contributed by atoms with Crippen molar-refractivity contribution < 1.29 is 4.79 Å². The second-order valence-corrected chi connectivity index (χ2v) is 6.76. The van der Waals surface area contributed by atoms with Gasteiger partial charge in [0.15, 0.2) is 0 Å². The first-order chi connectivity index (χ1) is 11.9. The van der Waals surface area contributed by atoms with Crippen LogP contribution in [0.3, 0.4) is 0 Å². The van der Waals surface area contributed by atoms with Crippen LogP contribution in [0, 0.1) is 12.8 Å². The number of amides is 1. The average molecular weight is 340 g/mol. The summed E-state index contributed by atoms with van der Waals surface area (Å²) in [5, 5.41) is 2.94. The third kappa shape index (κ3) is 4.44. The number of benzene rings is 1. The van der Waals surface area contributed by atoms with Crippen LogP contribution < -0.4 is 16.8 Å². The highest BCUT2D eigenvalue weighted by molar-refractivity contribution is 5.96. The van der Waals surface area contributed by atoms with Gasteiger partial charge >= 0.3 is 0 Å². The van der Waals surface area contributed by atoms with Crippen molar-refractivity contribution in [2.24, 2.45) is 17.4 Å². The van der Waals surface area contributed by atoms with Crippen LogP contribution in [-0.4, -0.2) is 10.9 Å². The van der Waals surface area contributed by atoms with Gasteiger partial charge in [0.1, 0.15) is 0 Å². The van der Waals surface area contributed by atoms with E-state index in [9.17, 15) is 4.79 Å². The first-order valence-corrected chi connectivity index (χ1v) is 8.66. The minimum atomic E-state index is -0.121. The Morgan fingerprint density at radius 1 is 1.16 bits per heavy atom. The van der Waals surface area contributed by atoms with Crippen molar-refractivity contribution in [2.75, 3.05) is 5.32 Å². The summed E-state index contributed by atoms with van der Waals surface area (Å²) in [5.41, 5.74) is 18.4. The summed E-state index contributed by atoms with van der Waals surface area (Å²) in [6.45, 7) is 8.62. The Bertz CT molecular complexity index is 751. The molecule has 1 heterocycles. The van der Waals surface area contributed by atoms with Crippen molar-refractivity contribution in [2.45, 2.75) is 47.2 Å². The van der Waals surface area contributed by atoms with E-state index in [-0.39, 0.29) is 5.91 Å². The molecule has 134 valence electrons. The van der Waals surface area contributed by atoms with Gasteiger partial charge in [0.05, 0.1) is 11.4 Å². The number of hydrogen-bond acceptors (Lipinski definition) is 4. The molecule has 5 heteroatoms. The molecule has 0 atom stereocenters. The molecule has 0 aliphatic heterocycles. The third-order valence-corrected chi connectivity index (χ3v) is 4.15. The summed E-state index contributed by atoms with van der Waals surface area (Å²) < 4.78 is 0. The lowest BCUT2D eigenvalue weighted by Crippen LogP contribution is -2.16. The minimum Gasteiger partial charge on any atom is -0.326 e. The molecule has 5 N–H and O–H groups in total. The van der Waals surface area contributed by atoms with Crippen LogP contribution >= 0.6 is 0 Å². The highest BCUT2D eigenvalue weighted by Crippen LogP contribution is 2.36. The van der Waals surface area contributed by atoms with Crippen LogP contribution in [0.4, 0.5) is 5.69 Å². The first kappa shape index (κ1) is 19.1. The molecule has 25 heavy (non-hydrogen) atoms. The SMILES string of the molecule is CC(=O)Nc1c(C)nc(CC(C)C)c(CN)c1-c1ccc(CN)cc1. The molecule has 0 radical (unpaired) electrons. The van der Waals surface area contributed by atoms with Crippen molar-refractivity contribution in [1.29, 1.82) is 0 Å². The maximum atomic E-state index is 11.7.